The molecule has 1 atom stereocenters. The summed E-state index contributed by atoms with van der Waals surface area (Å²) in [5, 5.41) is 16.2. The molecule has 0 bridgehead atoms. The van der Waals surface area contributed by atoms with Gasteiger partial charge in [0.15, 0.2) is 0 Å². The third-order valence-electron chi connectivity index (χ3n) is 4.40. The van der Waals surface area contributed by atoms with E-state index in [2.05, 4.69) is 55.3 Å². The van der Waals surface area contributed by atoms with Crippen molar-refractivity contribution in [2.75, 3.05) is 29.9 Å². The van der Waals surface area contributed by atoms with Gasteiger partial charge in [0.25, 0.3) is 0 Å². The molecule has 1 fully saturated rings. The number of aromatic amines is 1. The smallest absolute Gasteiger partial charge is 0.404 e. The summed E-state index contributed by atoms with van der Waals surface area (Å²) in [6, 6.07) is -0.0626. The van der Waals surface area contributed by atoms with Crippen LogP contribution in [-0.4, -0.2) is 46.8 Å². The molecule has 0 saturated carbocycles. The summed E-state index contributed by atoms with van der Waals surface area (Å²) in [5.74, 6) is 0.535. The molecule has 136 valence electrons. The Labute approximate surface area is 155 Å². The number of nitrogens with one attached hydrogen (secondary N) is 3. The number of amides is 1. The number of fused-ring (bicyclic) bond motifs is 1. The molecule has 0 radical (unpaired) electrons. The van der Waals surface area contributed by atoms with Gasteiger partial charge in [-0.1, -0.05) is 13.8 Å². The molecule has 1 unspecified atom stereocenters. The van der Waals surface area contributed by atoms with Crippen LogP contribution in [0, 0.1) is 5.92 Å². The summed E-state index contributed by atoms with van der Waals surface area (Å²) in [6.07, 6.45) is 4.59. The highest BCUT2D eigenvalue weighted by Gasteiger charge is 2.25. The third-order valence-corrected chi connectivity index (χ3v) is 4.98. The average molecular weight is 410 g/mol. The fourth-order valence-electron chi connectivity index (χ4n) is 3.29. The standard InChI is InChI=1S/C17H24BrN5O2/c1-10(2)6-19-13-8-21-16-14(13)15(12(18)7-20-16)23-5-3-4-11(9-23)22-17(24)25/h7-8,10-11,19,22H,3-6,9H2,1-2H3,(H,20,21)(H,24,25). The number of carbonyl (C=O) groups is 1. The molecule has 0 aliphatic carbocycles. The lowest BCUT2D eigenvalue weighted by molar-refractivity contribution is 0.188. The topological polar surface area (TPSA) is 93.3 Å². The fraction of sp³-hybridized carbons (Fsp3) is 0.529. The summed E-state index contributed by atoms with van der Waals surface area (Å²) in [4.78, 5) is 20.9. The Balaban J connectivity index is 1.95. The normalized spacial score (nSPS) is 17.9. The zero-order valence-corrected chi connectivity index (χ0v) is 16.1. The van der Waals surface area contributed by atoms with E-state index in [1.54, 1.807) is 6.20 Å². The predicted octanol–water partition coefficient (Wildman–Crippen LogP) is 3.63. The molecule has 2 aromatic rings. The zero-order valence-electron chi connectivity index (χ0n) is 14.5. The highest BCUT2D eigenvalue weighted by Crippen LogP contribution is 2.38. The molecule has 1 aliphatic rings. The van der Waals surface area contributed by atoms with Crippen LogP contribution < -0.4 is 15.5 Å². The number of rotatable bonds is 5. The van der Waals surface area contributed by atoms with Gasteiger partial charge in [0.1, 0.15) is 5.65 Å². The minimum atomic E-state index is -0.966. The van der Waals surface area contributed by atoms with E-state index in [1.165, 1.54) is 0 Å². The number of pyridine rings is 1. The first-order valence-electron chi connectivity index (χ1n) is 8.59. The second kappa shape index (κ2) is 7.51. The maximum atomic E-state index is 11.0. The molecule has 1 amide bonds. The lowest BCUT2D eigenvalue weighted by atomic mass is 10.0. The van der Waals surface area contributed by atoms with Gasteiger partial charge in [-0.2, -0.15) is 0 Å². The Morgan fingerprint density at radius 2 is 2.36 bits per heavy atom. The Hall–Kier alpha value is -1.96. The molecule has 3 rings (SSSR count). The van der Waals surface area contributed by atoms with Crippen LogP contribution in [0.25, 0.3) is 11.0 Å². The van der Waals surface area contributed by atoms with Gasteiger partial charge in [0.05, 0.1) is 21.2 Å². The number of aromatic nitrogens is 2. The molecule has 4 N–H and O–H groups in total. The molecule has 1 aliphatic heterocycles. The van der Waals surface area contributed by atoms with Gasteiger partial charge in [-0.05, 0) is 34.7 Å². The number of hydrogen-bond donors (Lipinski definition) is 4. The SMILES string of the molecule is CC(C)CNc1c[nH]c2ncc(Br)c(N3CCCC(NC(=O)O)C3)c12. The second-order valence-corrected chi connectivity index (χ2v) is 7.74. The molecule has 0 spiro atoms. The quantitative estimate of drug-likeness (QED) is 0.604. The van der Waals surface area contributed by atoms with Crippen LogP contribution in [-0.2, 0) is 0 Å². The molecule has 1 saturated heterocycles. The van der Waals surface area contributed by atoms with E-state index in [4.69, 9.17) is 5.11 Å². The number of anilines is 2. The van der Waals surface area contributed by atoms with E-state index >= 15 is 0 Å². The molecular formula is C17H24BrN5O2. The molecule has 7 nitrogen and oxygen atoms in total. The Morgan fingerprint density at radius 1 is 1.56 bits per heavy atom. The van der Waals surface area contributed by atoms with Crippen molar-refractivity contribution in [1.82, 2.24) is 15.3 Å². The van der Waals surface area contributed by atoms with Crippen molar-refractivity contribution in [1.29, 1.82) is 0 Å². The first kappa shape index (κ1) is 17.8. The van der Waals surface area contributed by atoms with Crippen molar-refractivity contribution in [3.8, 4) is 0 Å². The molecule has 25 heavy (non-hydrogen) atoms. The Kier molecular flexibility index (Phi) is 5.36. The fourth-order valence-corrected chi connectivity index (χ4v) is 3.84. The highest BCUT2D eigenvalue weighted by molar-refractivity contribution is 9.10. The van der Waals surface area contributed by atoms with Crippen molar-refractivity contribution in [2.24, 2.45) is 5.92 Å². The van der Waals surface area contributed by atoms with Gasteiger partial charge in [0.2, 0.25) is 0 Å². The van der Waals surface area contributed by atoms with Crippen LogP contribution in [0.2, 0.25) is 0 Å². The summed E-state index contributed by atoms with van der Waals surface area (Å²) < 4.78 is 0.920. The van der Waals surface area contributed by atoms with E-state index in [-0.39, 0.29) is 6.04 Å². The van der Waals surface area contributed by atoms with Crippen LogP contribution in [0.1, 0.15) is 26.7 Å². The molecule has 8 heteroatoms. The third kappa shape index (κ3) is 4.00. The Morgan fingerprint density at radius 3 is 3.08 bits per heavy atom. The Bertz CT molecular complexity index is 761. The number of halogens is 1. The second-order valence-electron chi connectivity index (χ2n) is 6.89. The van der Waals surface area contributed by atoms with E-state index < -0.39 is 6.09 Å². The lowest BCUT2D eigenvalue weighted by Gasteiger charge is -2.35. The number of nitrogens with zero attached hydrogens (tertiary/aromatic N) is 2. The summed E-state index contributed by atoms with van der Waals surface area (Å²) in [7, 11) is 0. The molecule has 3 heterocycles. The average Bonchev–Trinajstić information content (AvgIpc) is 2.95. The monoisotopic (exact) mass is 409 g/mol. The predicted molar refractivity (Wildman–Crippen MR) is 104 cm³/mol. The number of carboxylic acid groups (broad SMARTS) is 1. The molecule has 0 aromatic carbocycles. The van der Waals surface area contributed by atoms with Gasteiger partial charge >= 0.3 is 6.09 Å². The van der Waals surface area contributed by atoms with Crippen molar-refractivity contribution in [3.05, 3.63) is 16.9 Å². The summed E-state index contributed by atoms with van der Waals surface area (Å²) >= 11 is 3.64. The first-order valence-corrected chi connectivity index (χ1v) is 9.39. The van der Waals surface area contributed by atoms with Crippen LogP contribution in [0.3, 0.4) is 0 Å². The van der Waals surface area contributed by atoms with Crippen LogP contribution >= 0.6 is 15.9 Å². The minimum Gasteiger partial charge on any atom is -0.465 e. The van der Waals surface area contributed by atoms with Crippen LogP contribution in [0.15, 0.2) is 16.9 Å². The summed E-state index contributed by atoms with van der Waals surface area (Å²) in [5.41, 5.74) is 2.92. The number of piperidine rings is 1. The van der Waals surface area contributed by atoms with Crippen LogP contribution in [0.4, 0.5) is 16.2 Å². The van der Waals surface area contributed by atoms with Crippen molar-refractivity contribution >= 4 is 44.4 Å². The van der Waals surface area contributed by atoms with Gasteiger partial charge in [-0.15, -0.1) is 0 Å². The van der Waals surface area contributed by atoms with Gasteiger partial charge in [-0.3, -0.25) is 0 Å². The van der Waals surface area contributed by atoms with Gasteiger partial charge in [-0.25, -0.2) is 9.78 Å². The van der Waals surface area contributed by atoms with Crippen LogP contribution in [0.5, 0.6) is 0 Å². The van der Waals surface area contributed by atoms with Crippen molar-refractivity contribution in [2.45, 2.75) is 32.7 Å². The van der Waals surface area contributed by atoms with E-state index in [0.29, 0.717) is 12.5 Å². The van der Waals surface area contributed by atoms with E-state index in [9.17, 15) is 4.79 Å². The van der Waals surface area contributed by atoms with Gasteiger partial charge in [0, 0.05) is 38.1 Å². The molecule has 2 aromatic heterocycles. The van der Waals surface area contributed by atoms with Gasteiger partial charge < -0.3 is 25.6 Å². The lowest BCUT2D eigenvalue weighted by Crippen LogP contribution is -2.47. The first-order chi connectivity index (χ1) is 12.0. The largest absolute Gasteiger partial charge is 0.465 e. The minimum absolute atomic E-state index is 0.0626. The zero-order chi connectivity index (χ0) is 18.0. The number of hydrogen-bond acceptors (Lipinski definition) is 4. The van der Waals surface area contributed by atoms with Crippen molar-refractivity contribution in [3.63, 3.8) is 0 Å². The summed E-state index contributed by atoms with van der Waals surface area (Å²) in [6.45, 7) is 6.76. The molecular weight excluding hydrogens is 386 g/mol. The maximum Gasteiger partial charge on any atom is 0.404 e. The highest BCUT2D eigenvalue weighted by atomic mass is 79.9. The van der Waals surface area contributed by atoms with E-state index in [1.807, 2.05) is 6.20 Å². The number of H-pyrrole nitrogens is 1. The maximum absolute atomic E-state index is 11.0. The van der Waals surface area contributed by atoms with Crippen molar-refractivity contribution < 1.29 is 9.90 Å². The van der Waals surface area contributed by atoms with E-state index in [0.717, 1.165) is 52.8 Å².